The van der Waals surface area contributed by atoms with Crippen molar-refractivity contribution >= 4 is 29.9 Å². The van der Waals surface area contributed by atoms with E-state index in [9.17, 15) is 0 Å². The smallest absolute Gasteiger partial charge is 0.193 e. The summed E-state index contributed by atoms with van der Waals surface area (Å²) in [6, 6.07) is 0.507. The first-order valence-corrected chi connectivity index (χ1v) is 9.15. The zero-order valence-corrected chi connectivity index (χ0v) is 17.5. The lowest BCUT2D eigenvalue weighted by molar-refractivity contribution is 0.00139. The van der Waals surface area contributed by atoms with E-state index in [1.54, 1.807) is 0 Å². The van der Waals surface area contributed by atoms with E-state index in [1.165, 1.54) is 12.8 Å². The predicted molar refractivity (Wildman–Crippen MR) is 107 cm³/mol. The molecule has 0 radical (unpaired) electrons. The van der Waals surface area contributed by atoms with E-state index in [0.717, 1.165) is 71.7 Å². The van der Waals surface area contributed by atoms with Gasteiger partial charge in [-0.2, -0.15) is 0 Å². The molecule has 1 N–H and O–H groups in total. The van der Waals surface area contributed by atoms with E-state index in [1.807, 2.05) is 0 Å². The van der Waals surface area contributed by atoms with Gasteiger partial charge in [0.25, 0.3) is 0 Å². The highest BCUT2D eigenvalue weighted by Crippen LogP contribution is 2.38. The Morgan fingerprint density at radius 1 is 1.25 bits per heavy atom. The highest BCUT2D eigenvalue weighted by Gasteiger charge is 2.42. The fourth-order valence-electron chi connectivity index (χ4n) is 3.89. The number of nitrogens with one attached hydrogen (secondary N) is 1. The average Bonchev–Trinajstić information content (AvgIpc) is 3.19. The van der Waals surface area contributed by atoms with Crippen molar-refractivity contribution in [3.8, 4) is 0 Å². The van der Waals surface area contributed by atoms with Crippen molar-refractivity contribution < 1.29 is 9.47 Å². The maximum atomic E-state index is 5.64. The molecule has 24 heavy (non-hydrogen) atoms. The molecular weight excluding hydrogens is 419 g/mol. The molecule has 2 atom stereocenters. The summed E-state index contributed by atoms with van der Waals surface area (Å²) >= 11 is 0. The Morgan fingerprint density at radius 3 is 2.83 bits per heavy atom. The molecule has 0 aromatic heterocycles. The lowest BCUT2D eigenvalue weighted by Crippen LogP contribution is -2.45. The van der Waals surface area contributed by atoms with Gasteiger partial charge < -0.3 is 19.7 Å². The maximum Gasteiger partial charge on any atom is 0.193 e. The Bertz CT molecular complexity index is 415. The third kappa shape index (κ3) is 4.95. The topological polar surface area (TPSA) is 49.3 Å². The Kier molecular flexibility index (Phi) is 8.03. The lowest BCUT2D eigenvalue weighted by atomic mass is 9.87. The molecule has 2 unspecified atom stereocenters. The van der Waals surface area contributed by atoms with Gasteiger partial charge in [-0.1, -0.05) is 0 Å². The van der Waals surface area contributed by atoms with Crippen LogP contribution in [0.15, 0.2) is 4.99 Å². The molecule has 0 bridgehead atoms. The van der Waals surface area contributed by atoms with Crippen molar-refractivity contribution in [2.24, 2.45) is 10.4 Å². The summed E-state index contributed by atoms with van der Waals surface area (Å²) in [5, 5.41) is 3.47. The normalized spacial score (nSPS) is 31.5. The molecular formula is C17H33IN4O2. The Morgan fingerprint density at radius 2 is 2.12 bits per heavy atom. The van der Waals surface area contributed by atoms with E-state index in [0.29, 0.717) is 11.5 Å². The van der Waals surface area contributed by atoms with Crippen molar-refractivity contribution in [2.75, 3.05) is 65.7 Å². The number of hydrogen-bond acceptors (Lipinski definition) is 4. The molecule has 6 nitrogen and oxygen atoms in total. The van der Waals surface area contributed by atoms with Gasteiger partial charge in [0.1, 0.15) is 0 Å². The van der Waals surface area contributed by atoms with Gasteiger partial charge in [-0.05, 0) is 26.7 Å². The summed E-state index contributed by atoms with van der Waals surface area (Å²) in [5.41, 5.74) is 0.384. The summed E-state index contributed by atoms with van der Waals surface area (Å²) in [4.78, 5) is 9.80. The SMILES string of the molecule is CCNC(=NCCN1CCOCC1C)N1CCC2(CCOC2)C1.I. The van der Waals surface area contributed by atoms with Gasteiger partial charge >= 0.3 is 0 Å². The highest BCUT2D eigenvalue weighted by molar-refractivity contribution is 14.0. The van der Waals surface area contributed by atoms with Crippen LogP contribution in [0.3, 0.4) is 0 Å². The fraction of sp³-hybridized carbons (Fsp3) is 0.941. The minimum absolute atomic E-state index is 0. The van der Waals surface area contributed by atoms with Crippen LogP contribution in [0.4, 0.5) is 0 Å². The first-order valence-electron chi connectivity index (χ1n) is 9.15. The van der Waals surface area contributed by atoms with E-state index >= 15 is 0 Å². The molecule has 0 saturated carbocycles. The summed E-state index contributed by atoms with van der Waals surface area (Å²) in [6.45, 7) is 13.9. The Balaban J connectivity index is 0.00000208. The first-order chi connectivity index (χ1) is 11.2. The molecule has 3 fully saturated rings. The molecule has 140 valence electrons. The third-order valence-corrected chi connectivity index (χ3v) is 5.41. The number of ether oxygens (including phenoxy) is 2. The highest BCUT2D eigenvalue weighted by atomic mass is 127. The number of rotatable bonds is 4. The van der Waals surface area contributed by atoms with Crippen molar-refractivity contribution in [2.45, 2.75) is 32.7 Å². The van der Waals surface area contributed by atoms with Crippen LogP contribution in [0.25, 0.3) is 0 Å². The predicted octanol–water partition coefficient (Wildman–Crippen LogP) is 1.40. The number of aliphatic imine (C=N–C) groups is 1. The number of nitrogens with zero attached hydrogens (tertiary/aromatic N) is 3. The van der Waals surface area contributed by atoms with Crippen LogP contribution in [0, 0.1) is 5.41 Å². The van der Waals surface area contributed by atoms with E-state index in [4.69, 9.17) is 14.5 Å². The molecule has 3 aliphatic rings. The van der Waals surface area contributed by atoms with Crippen molar-refractivity contribution in [1.29, 1.82) is 0 Å². The molecule has 0 amide bonds. The summed E-state index contributed by atoms with van der Waals surface area (Å²) in [5.74, 6) is 1.08. The molecule has 1 spiro atoms. The largest absolute Gasteiger partial charge is 0.381 e. The second-order valence-corrected chi connectivity index (χ2v) is 7.17. The molecule has 0 aromatic rings. The van der Waals surface area contributed by atoms with Gasteiger partial charge in [-0.15, -0.1) is 24.0 Å². The quantitative estimate of drug-likeness (QED) is 0.397. The molecule has 3 saturated heterocycles. The third-order valence-electron chi connectivity index (χ3n) is 5.41. The summed E-state index contributed by atoms with van der Waals surface area (Å²) in [6.07, 6.45) is 2.44. The van der Waals surface area contributed by atoms with Crippen LogP contribution in [0.1, 0.15) is 26.7 Å². The monoisotopic (exact) mass is 452 g/mol. The van der Waals surface area contributed by atoms with Crippen LogP contribution < -0.4 is 5.32 Å². The van der Waals surface area contributed by atoms with Crippen molar-refractivity contribution in [3.05, 3.63) is 0 Å². The summed E-state index contributed by atoms with van der Waals surface area (Å²) in [7, 11) is 0. The second kappa shape index (κ2) is 9.54. The van der Waals surface area contributed by atoms with Crippen LogP contribution >= 0.6 is 24.0 Å². The molecule has 3 heterocycles. The minimum Gasteiger partial charge on any atom is -0.381 e. The van der Waals surface area contributed by atoms with E-state index in [-0.39, 0.29) is 24.0 Å². The Hall–Kier alpha value is -0.120. The van der Waals surface area contributed by atoms with Gasteiger partial charge in [0, 0.05) is 50.8 Å². The van der Waals surface area contributed by atoms with Gasteiger partial charge in [-0.3, -0.25) is 9.89 Å². The molecule has 0 aliphatic carbocycles. The maximum absolute atomic E-state index is 5.64. The molecule has 7 heteroatoms. The first kappa shape index (κ1) is 20.2. The van der Waals surface area contributed by atoms with Crippen LogP contribution in [-0.2, 0) is 9.47 Å². The second-order valence-electron chi connectivity index (χ2n) is 7.17. The molecule has 3 aliphatic heterocycles. The van der Waals surface area contributed by atoms with Crippen molar-refractivity contribution in [1.82, 2.24) is 15.1 Å². The van der Waals surface area contributed by atoms with E-state index in [2.05, 4.69) is 29.0 Å². The van der Waals surface area contributed by atoms with Gasteiger partial charge in [0.05, 0.1) is 26.4 Å². The molecule has 0 aromatic carbocycles. The fourth-order valence-corrected chi connectivity index (χ4v) is 3.89. The standard InChI is InChI=1S/C17H32N4O2.HI/c1-3-18-16(19-6-8-20-9-11-22-12-15(20)2)21-7-4-17(13-21)5-10-23-14-17;/h15H,3-14H2,1-2H3,(H,18,19);1H. The number of morpholine rings is 1. The van der Waals surface area contributed by atoms with Crippen LogP contribution in [0.2, 0.25) is 0 Å². The minimum atomic E-state index is 0. The number of hydrogen-bond donors (Lipinski definition) is 1. The molecule has 3 rings (SSSR count). The van der Waals surface area contributed by atoms with Crippen molar-refractivity contribution in [3.63, 3.8) is 0 Å². The number of halogens is 1. The zero-order valence-electron chi connectivity index (χ0n) is 15.1. The van der Waals surface area contributed by atoms with Gasteiger partial charge in [-0.25, -0.2) is 0 Å². The zero-order chi connectivity index (χ0) is 16.1. The van der Waals surface area contributed by atoms with Crippen LogP contribution in [0.5, 0.6) is 0 Å². The van der Waals surface area contributed by atoms with Gasteiger partial charge in [0.15, 0.2) is 5.96 Å². The lowest BCUT2D eigenvalue weighted by Gasteiger charge is -2.32. The van der Waals surface area contributed by atoms with E-state index < -0.39 is 0 Å². The number of guanidine groups is 1. The summed E-state index contributed by atoms with van der Waals surface area (Å²) < 4.78 is 11.1. The Labute approximate surface area is 163 Å². The number of likely N-dealkylation sites (tertiary alicyclic amines) is 1. The van der Waals surface area contributed by atoms with Crippen LogP contribution in [-0.4, -0.2) is 87.5 Å². The van der Waals surface area contributed by atoms with Gasteiger partial charge in [0.2, 0.25) is 0 Å². The average molecular weight is 452 g/mol.